The van der Waals surface area contributed by atoms with Gasteiger partial charge in [0.2, 0.25) is 0 Å². The smallest absolute Gasteiger partial charge is 0.372 e. The molecule has 1 unspecified atom stereocenters. The number of nitrogens with zero attached hydrogens (tertiary/aromatic N) is 3. The maximum atomic E-state index is 12.6. The molecule has 4 nitrogen and oxygen atoms in total. The second kappa shape index (κ2) is 6.44. The lowest BCUT2D eigenvalue weighted by Gasteiger charge is -2.24. The Morgan fingerprint density at radius 2 is 1.91 bits per heavy atom. The summed E-state index contributed by atoms with van der Waals surface area (Å²) in [7, 11) is 1.79. The molecule has 7 heteroatoms. The molecule has 0 saturated heterocycles. The number of likely N-dealkylation sites (N-methyl/N-ethyl adjacent to an activating group) is 1. The zero-order chi connectivity index (χ0) is 17.2. The van der Waals surface area contributed by atoms with Crippen molar-refractivity contribution in [2.75, 3.05) is 18.5 Å². The highest BCUT2D eigenvalue weighted by atomic mass is 19.4. The Kier molecular flexibility index (Phi) is 4.77. The van der Waals surface area contributed by atoms with Crippen LogP contribution in [-0.2, 0) is 6.18 Å². The van der Waals surface area contributed by atoms with E-state index in [9.17, 15) is 18.0 Å². The van der Waals surface area contributed by atoms with Gasteiger partial charge in [0.15, 0.2) is 6.29 Å². The molecule has 0 radical (unpaired) electrons. The van der Waals surface area contributed by atoms with Crippen LogP contribution < -0.4 is 4.90 Å². The Morgan fingerprint density at radius 1 is 1.30 bits per heavy atom. The summed E-state index contributed by atoms with van der Waals surface area (Å²) >= 11 is 0. The first-order valence-electron chi connectivity index (χ1n) is 7.11. The van der Waals surface area contributed by atoms with Gasteiger partial charge in [-0.05, 0) is 43.7 Å². The topological polar surface area (TPSA) is 38.1 Å². The number of rotatable bonds is 5. The largest absolute Gasteiger partial charge is 0.416 e. The van der Waals surface area contributed by atoms with Crippen LogP contribution in [0.4, 0.5) is 18.9 Å². The van der Waals surface area contributed by atoms with Crippen molar-refractivity contribution < 1.29 is 18.0 Å². The maximum Gasteiger partial charge on any atom is 0.416 e. The number of carbonyl (C=O) groups excluding carboxylic acids is 1. The fourth-order valence-electron chi connectivity index (χ4n) is 2.44. The molecule has 0 bridgehead atoms. The molecule has 0 N–H and O–H groups in total. The van der Waals surface area contributed by atoms with E-state index in [1.165, 1.54) is 12.1 Å². The molecule has 0 fully saturated rings. The molecule has 0 saturated carbocycles. The van der Waals surface area contributed by atoms with Gasteiger partial charge in [-0.25, -0.2) is 0 Å². The standard InChI is InChI=1S/C16H18F3N3O/c1-11-8-20-22(15(11)10-23)12(2)9-21(3)14-6-4-13(5-7-14)16(17,18)19/h4-8,10,12H,9H2,1-3H3. The maximum absolute atomic E-state index is 12.6. The van der Waals surface area contributed by atoms with E-state index < -0.39 is 11.7 Å². The van der Waals surface area contributed by atoms with Crippen LogP contribution in [0.2, 0.25) is 0 Å². The van der Waals surface area contributed by atoms with Crippen molar-refractivity contribution in [3.63, 3.8) is 0 Å². The highest BCUT2D eigenvalue weighted by molar-refractivity contribution is 5.74. The Labute approximate surface area is 132 Å². The molecular weight excluding hydrogens is 307 g/mol. The van der Waals surface area contributed by atoms with E-state index in [4.69, 9.17) is 0 Å². The highest BCUT2D eigenvalue weighted by Crippen LogP contribution is 2.30. The summed E-state index contributed by atoms with van der Waals surface area (Å²) in [5.41, 5.74) is 1.30. The van der Waals surface area contributed by atoms with Gasteiger partial charge in [0.1, 0.15) is 5.69 Å². The van der Waals surface area contributed by atoms with Gasteiger partial charge in [-0.3, -0.25) is 9.48 Å². The van der Waals surface area contributed by atoms with Gasteiger partial charge < -0.3 is 4.90 Å². The average Bonchev–Trinajstić information content (AvgIpc) is 2.87. The molecule has 23 heavy (non-hydrogen) atoms. The first-order chi connectivity index (χ1) is 10.7. The fourth-order valence-corrected chi connectivity index (χ4v) is 2.44. The first kappa shape index (κ1) is 17.1. The van der Waals surface area contributed by atoms with Crippen LogP contribution in [0.25, 0.3) is 0 Å². The summed E-state index contributed by atoms with van der Waals surface area (Å²) in [5.74, 6) is 0. The monoisotopic (exact) mass is 325 g/mol. The highest BCUT2D eigenvalue weighted by Gasteiger charge is 2.30. The van der Waals surface area contributed by atoms with Crippen molar-refractivity contribution in [3.05, 3.63) is 47.3 Å². The van der Waals surface area contributed by atoms with Crippen LogP contribution in [0.15, 0.2) is 30.5 Å². The van der Waals surface area contributed by atoms with Gasteiger partial charge in [-0.15, -0.1) is 0 Å². The molecule has 1 atom stereocenters. The molecule has 2 aromatic rings. The van der Waals surface area contributed by atoms with Gasteiger partial charge in [0.05, 0.1) is 17.8 Å². The lowest BCUT2D eigenvalue weighted by molar-refractivity contribution is -0.137. The Morgan fingerprint density at radius 3 is 2.43 bits per heavy atom. The number of aryl methyl sites for hydroxylation is 1. The van der Waals surface area contributed by atoms with E-state index in [0.29, 0.717) is 17.9 Å². The van der Waals surface area contributed by atoms with Crippen molar-refractivity contribution in [3.8, 4) is 0 Å². The molecule has 0 amide bonds. The minimum Gasteiger partial charge on any atom is -0.372 e. The minimum atomic E-state index is -4.34. The van der Waals surface area contributed by atoms with Crippen molar-refractivity contribution in [1.82, 2.24) is 9.78 Å². The number of benzene rings is 1. The molecule has 1 aromatic carbocycles. The van der Waals surface area contributed by atoms with Gasteiger partial charge >= 0.3 is 6.18 Å². The predicted molar refractivity (Wildman–Crippen MR) is 81.8 cm³/mol. The van der Waals surface area contributed by atoms with E-state index in [1.54, 1.807) is 24.9 Å². The lowest BCUT2D eigenvalue weighted by atomic mass is 10.2. The van der Waals surface area contributed by atoms with Crippen LogP contribution in [0.3, 0.4) is 0 Å². The van der Waals surface area contributed by atoms with Crippen molar-refractivity contribution >= 4 is 12.0 Å². The van der Waals surface area contributed by atoms with Gasteiger partial charge in [-0.1, -0.05) is 0 Å². The Bertz CT molecular complexity index is 677. The van der Waals surface area contributed by atoms with Crippen molar-refractivity contribution in [2.24, 2.45) is 0 Å². The van der Waals surface area contributed by atoms with Crippen LogP contribution in [0, 0.1) is 6.92 Å². The van der Waals surface area contributed by atoms with E-state index in [1.807, 2.05) is 11.8 Å². The second-order valence-electron chi connectivity index (χ2n) is 5.55. The third kappa shape index (κ3) is 3.72. The molecule has 0 aliphatic rings. The zero-order valence-electron chi connectivity index (χ0n) is 13.1. The average molecular weight is 325 g/mol. The predicted octanol–water partition coefficient (Wildman–Crippen LogP) is 3.72. The van der Waals surface area contributed by atoms with E-state index in [0.717, 1.165) is 24.0 Å². The zero-order valence-corrected chi connectivity index (χ0v) is 13.1. The molecule has 2 rings (SSSR count). The van der Waals surface area contributed by atoms with E-state index >= 15 is 0 Å². The Balaban J connectivity index is 2.12. The van der Waals surface area contributed by atoms with Crippen LogP contribution in [0.1, 0.15) is 34.6 Å². The Hall–Kier alpha value is -2.31. The number of anilines is 1. The number of halogens is 3. The summed E-state index contributed by atoms with van der Waals surface area (Å²) in [6.45, 7) is 4.22. The van der Waals surface area contributed by atoms with Crippen molar-refractivity contribution in [1.29, 1.82) is 0 Å². The summed E-state index contributed by atoms with van der Waals surface area (Å²) in [4.78, 5) is 12.9. The van der Waals surface area contributed by atoms with Crippen LogP contribution >= 0.6 is 0 Å². The first-order valence-corrected chi connectivity index (χ1v) is 7.11. The number of carbonyl (C=O) groups is 1. The molecule has 1 heterocycles. The van der Waals surface area contributed by atoms with Gasteiger partial charge in [0.25, 0.3) is 0 Å². The summed E-state index contributed by atoms with van der Waals surface area (Å²) in [6, 6.07) is 4.89. The number of hydrogen-bond acceptors (Lipinski definition) is 3. The molecule has 124 valence electrons. The fraction of sp³-hybridized carbons (Fsp3) is 0.375. The van der Waals surface area contributed by atoms with E-state index in [-0.39, 0.29) is 6.04 Å². The normalized spacial score (nSPS) is 13.0. The third-order valence-corrected chi connectivity index (χ3v) is 3.73. The van der Waals surface area contributed by atoms with Crippen LogP contribution in [0.5, 0.6) is 0 Å². The molecule has 0 spiro atoms. The van der Waals surface area contributed by atoms with Gasteiger partial charge in [-0.2, -0.15) is 18.3 Å². The quantitative estimate of drug-likeness (QED) is 0.786. The van der Waals surface area contributed by atoms with Crippen molar-refractivity contribution in [2.45, 2.75) is 26.1 Å². The number of hydrogen-bond donors (Lipinski definition) is 0. The number of alkyl halides is 3. The summed E-state index contributed by atoms with van der Waals surface area (Å²) < 4.78 is 39.4. The summed E-state index contributed by atoms with van der Waals surface area (Å²) in [6.07, 6.45) is -1.95. The van der Waals surface area contributed by atoms with E-state index in [2.05, 4.69) is 5.10 Å². The molecule has 0 aliphatic carbocycles. The molecule has 0 aliphatic heterocycles. The molecule has 1 aromatic heterocycles. The number of aromatic nitrogens is 2. The lowest BCUT2D eigenvalue weighted by Crippen LogP contribution is -2.27. The van der Waals surface area contributed by atoms with Crippen LogP contribution in [-0.4, -0.2) is 29.7 Å². The number of aldehydes is 1. The summed E-state index contributed by atoms with van der Waals surface area (Å²) in [5, 5.41) is 4.19. The second-order valence-corrected chi connectivity index (χ2v) is 5.55. The van der Waals surface area contributed by atoms with Gasteiger partial charge in [0, 0.05) is 19.3 Å². The minimum absolute atomic E-state index is 0.101. The third-order valence-electron chi connectivity index (χ3n) is 3.73. The molecular formula is C16H18F3N3O. The SMILES string of the molecule is Cc1cnn(C(C)CN(C)c2ccc(C(F)(F)F)cc2)c1C=O.